The van der Waals surface area contributed by atoms with Crippen LogP contribution in [0.15, 0.2) is 6.07 Å². The van der Waals surface area contributed by atoms with E-state index in [-0.39, 0.29) is 18.1 Å². The summed E-state index contributed by atoms with van der Waals surface area (Å²) in [6, 6.07) is 2.59. The number of piperidine rings is 2. The molecule has 3 saturated heterocycles. The van der Waals surface area contributed by atoms with Crippen LogP contribution in [-0.2, 0) is 9.53 Å². The van der Waals surface area contributed by atoms with Gasteiger partial charge in [-0.15, -0.1) is 0 Å². The van der Waals surface area contributed by atoms with Gasteiger partial charge in [0.25, 0.3) is 0 Å². The first-order valence-corrected chi connectivity index (χ1v) is 10.8. The lowest BCUT2D eigenvalue weighted by molar-refractivity contribution is -0.140. The van der Waals surface area contributed by atoms with Gasteiger partial charge in [-0.25, -0.2) is 4.98 Å². The van der Waals surface area contributed by atoms with Crippen molar-refractivity contribution in [2.24, 2.45) is 0 Å². The minimum absolute atomic E-state index is 0.0202. The molecule has 7 nitrogen and oxygen atoms in total. The number of hydrogen-bond donors (Lipinski definition) is 0. The molecule has 2 bridgehead atoms. The minimum atomic E-state index is 0.0202. The maximum Gasteiger partial charge on any atom is 0.230 e. The first-order valence-electron chi connectivity index (χ1n) is 10.4. The Balaban J connectivity index is 1.49. The smallest absolute Gasteiger partial charge is 0.230 e. The number of nitrogens with zero attached hydrogens (tertiary/aromatic N) is 4. The van der Waals surface area contributed by atoms with Crippen molar-refractivity contribution in [1.29, 1.82) is 0 Å². The van der Waals surface area contributed by atoms with Crippen LogP contribution < -0.4 is 9.64 Å². The quantitative estimate of drug-likeness (QED) is 0.697. The van der Waals surface area contributed by atoms with Crippen LogP contribution in [0.4, 0.5) is 5.95 Å². The minimum Gasteiger partial charge on any atom is -0.472 e. The molecule has 28 heavy (non-hydrogen) atoms. The molecule has 1 amide bonds. The molecule has 8 heteroatoms. The van der Waals surface area contributed by atoms with E-state index in [4.69, 9.17) is 21.1 Å². The molecule has 1 aromatic rings. The Morgan fingerprint density at radius 1 is 1.32 bits per heavy atom. The van der Waals surface area contributed by atoms with Gasteiger partial charge in [-0.1, -0.05) is 18.5 Å². The van der Waals surface area contributed by atoms with Crippen LogP contribution in [0.2, 0.25) is 5.15 Å². The molecule has 0 spiro atoms. The maximum absolute atomic E-state index is 12.4. The van der Waals surface area contributed by atoms with E-state index in [2.05, 4.69) is 19.8 Å². The number of halogens is 1. The van der Waals surface area contributed by atoms with Crippen LogP contribution in [-0.4, -0.2) is 65.3 Å². The first kappa shape index (κ1) is 19.7. The molecular weight excluding hydrogens is 380 g/mol. The van der Waals surface area contributed by atoms with Gasteiger partial charge >= 0.3 is 0 Å². The Bertz CT molecular complexity index is 699. The third-order valence-corrected chi connectivity index (χ3v) is 6.43. The fraction of sp³-hybridized carbons (Fsp3) is 0.750. The number of amides is 1. The molecule has 4 atom stereocenters. The van der Waals surface area contributed by atoms with Crippen molar-refractivity contribution in [3.63, 3.8) is 0 Å². The van der Waals surface area contributed by atoms with Crippen molar-refractivity contribution in [3.05, 3.63) is 11.2 Å². The van der Waals surface area contributed by atoms with E-state index in [0.29, 0.717) is 48.7 Å². The van der Waals surface area contributed by atoms with Gasteiger partial charge in [-0.3, -0.25) is 4.79 Å². The molecule has 3 fully saturated rings. The predicted molar refractivity (Wildman–Crippen MR) is 107 cm³/mol. The van der Waals surface area contributed by atoms with Gasteiger partial charge in [0.15, 0.2) is 0 Å². The highest BCUT2D eigenvalue weighted by molar-refractivity contribution is 6.29. The topological polar surface area (TPSA) is 67.8 Å². The van der Waals surface area contributed by atoms with Crippen LogP contribution in [0.25, 0.3) is 0 Å². The normalized spacial score (nSPS) is 29.6. The summed E-state index contributed by atoms with van der Waals surface area (Å²) < 4.78 is 11.3. The molecule has 3 aliphatic rings. The fourth-order valence-corrected chi connectivity index (χ4v) is 4.97. The second-order valence-electron chi connectivity index (χ2n) is 8.06. The Hall–Kier alpha value is -1.60. The van der Waals surface area contributed by atoms with Gasteiger partial charge < -0.3 is 19.3 Å². The summed E-state index contributed by atoms with van der Waals surface area (Å²) in [5.41, 5.74) is 0. The van der Waals surface area contributed by atoms with Crippen molar-refractivity contribution in [1.82, 2.24) is 14.9 Å². The van der Waals surface area contributed by atoms with E-state index in [0.717, 1.165) is 32.1 Å². The Morgan fingerprint density at radius 3 is 2.71 bits per heavy atom. The Morgan fingerprint density at radius 2 is 2.07 bits per heavy atom. The van der Waals surface area contributed by atoms with E-state index in [1.165, 1.54) is 6.42 Å². The average Bonchev–Trinajstić information content (AvgIpc) is 3.18. The lowest BCUT2D eigenvalue weighted by Gasteiger charge is -2.50. The third-order valence-electron chi connectivity index (χ3n) is 6.24. The van der Waals surface area contributed by atoms with Crippen molar-refractivity contribution >= 4 is 23.5 Å². The van der Waals surface area contributed by atoms with E-state index in [1.54, 1.807) is 6.07 Å². The molecule has 4 heterocycles. The van der Waals surface area contributed by atoms with E-state index >= 15 is 0 Å². The van der Waals surface area contributed by atoms with Gasteiger partial charge in [0.1, 0.15) is 11.3 Å². The zero-order valence-electron chi connectivity index (χ0n) is 16.6. The van der Waals surface area contributed by atoms with Gasteiger partial charge in [0.05, 0.1) is 13.2 Å². The molecule has 0 aromatic carbocycles. The van der Waals surface area contributed by atoms with Gasteiger partial charge in [-0.05, 0) is 32.1 Å². The van der Waals surface area contributed by atoms with Crippen LogP contribution in [0.1, 0.15) is 51.9 Å². The average molecular weight is 409 g/mol. The highest BCUT2D eigenvalue weighted by Gasteiger charge is 2.41. The van der Waals surface area contributed by atoms with Gasteiger partial charge in [0.2, 0.25) is 17.7 Å². The summed E-state index contributed by atoms with van der Waals surface area (Å²) in [5, 5.41) is 0.379. The highest BCUT2D eigenvalue weighted by atomic mass is 35.5. The molecule has 4 rings (SSSR count). The van der Waals surface area contributed by atoms with E-state index in [1.807, 2.05) is 14.0 Å². The van der Waals surface area contributed by atoms with Crippen LogP contribution >= 0.6 is 11.6 Å². The number of anilines is 1. The van der Waals surface area contributed by atoms with Crippen molar-refractivity contribution in [2.45, 2.75) is 76.1 Å². The molecule has 154 valence electrons. The number of carbonyl (C=O) groups excluding carboxylic acids is 1. The number of fused-ring (bicyclic) bond motifs is 2. The number of rotatable bonds is 5. The second-order valence-corrected chi connectivity index (χ2v) is 8.45. The lowest BCUT2D eigenvalue weighted by atomic mass is 9.81. The zero-order valence-corrected chi connectivity index (χ0v) is 17.4. The highest BCUT2D eigenvalue weighted by Crippen LogP contribution is 2.37. The summed E-state index contributed by atoms with van der Waals surface area (Å²) in [7, 11) is 2.02. The fourth-order valence-electron chi connectivity index (χ4n) is 4.80. The number of aromatic nitrogens is 2. The summed E-state index contributed by atoms with van der Waals surface area (Å²) in [6.07, 6.45) is 6.72. The zero-order chi connectivity index (χ0) is 19.7. The molecule has 0 saturated carbocycles. The molecule has 1 unspecified atom stereocenters. The predicted octanol–water partition coefficient (Wildman–Crippen LogP) is 3.06. The van der Waals surface area contributed by atoms with Crippen molar-refractivity contribution < 1.29 is 14.3 Å². The van der Waals surface area contributed by atoms with Gasteiger partial charge in [0, 0.05) is 44.1 Å². The standard InChI is InChI=1S/C20H29ClN4O3/c1-3-19(26)25-13-5-4-6-14(25)10-15(9-13)24(2)20-22-17(21)11-18(23-20)28-16-7-8-27-12-16/h11,13-16H,3-10,12H2,1-2H3/t13-,14+,15-,16?. The van der Waals surface area contributed by atoms with Crippen LogP contribution in [0, 0.1) is 0 Å². The molecule has 0 N–H and O–H groups in total. The van der Waals surface area contributed by atoms with Crippen LogP contribution in [0.5, 0.6) is 5.88 Å². The van der Waals surface area contributed by atoms with Crippen molar-refractivity contribution in [3.8, 4) is 5.88 Å². The van der Waals surface area contributed by atoms with Gasteiger partial charge in [-0.2, -0.15) is 4.98 Å². The third kappa shape index (κ3) is 4.06. The van der Waals surface area contributed by atoms with Crippen molar-refractivity contribution in [2.75, 3.05) is 25.2 Å². The summed E-state index contributed by atoms with van der Waals surface area (Å²) in [4.78, 5) is 25.7. The lowest BCUT2D eigenvalue weighted by Crippen LogP contribution is -2.58. The number of carbonyl (C=O) groups is 1. The number of ether oxygens (including phenoxy) is 2. The molecule has 0 radical (unpaired) electrons. The molecule has 1 aromatic heterocycles. The van der Waals surface area contributed by atoms with E-state index < -0.39 is 0 Å². The molecular formula is C20H29ClN4O3. The number of hydrogen-bond acceptors (Lipinski definition) is 6. The summed E-state index contributed by atoms with van der Waals surface area (Å²) in [5.74, 6) is 1.36. The molecule has 0 aliphatic carbocycles. The van der Waals surface area contributed by atoms with Crippen LogP contribution in [0.3, 0.4) is 0 Å². The largest absolute Gasteiger partial charge is 0.472 e. The first-order chi connectivity index (χ1) is 13.5. The summed E-state index contributed by atoms with van der Waals surface area (Å²) >= 11 is 6.26. The Labute approximate surface area is 171 Å². The monoisotopic (exact) mass is 408 g/mol. The molecule has 3 aliphatic heterocycles. The second kappa shape index (κ2) is 8.41. The summed E-state index contributed by atoms with van der Waals surface area (Å²) in [6.45, 7) is 3.25. The Kier molecular flexibility index (Phi) is 5.92. The SMILES string of the molecule is CCC(=O)N1[C@@H]2CCC[C@H]1C[C@H](N(C)c1nc(Cl)cc(OC3CCOC3)n1)C2. The maximum atomic E-state index is 12.4. The van der Waals surface area contributed by atoms with E-state index in [9.17, 15) is 4.79 Å².